The molecule has 0 bridgehead atoms. The summed E-state index contributed by atoms with van der Waals surface area (Å²) in [5, 5.41) is 8.75. The molecule has 1 aliphatic rings. The third-order valence-electron chi connectivity index (χ3n) is 3.28. The number of hydrogen-bond acceptors (Lipinski definition) is 5. The first kappa shape index (κ1) is 13.9. The zero-order valence-electron chi connectivity index (χ0n) is 10.5. The molecule has 102 valence electrons. The van der Waals surface area contributed by atoms with Crippen molar-refractivity contribution >= 4 is 10.0 Å². The van der Waals surface area contributed by atoms with Crippen molar-refractivity contribution in [3.05, 3.63) is 23.9 Å². The first-order chi connectivity index (χ1) is 9.09. The SMILES string of the molecule is N#Cc1ccnc(S(=O)(=O)N2CCCC[C@@H]2CN)c1. The highest BCUT2D eigenvalue weighted by Gasteiger charge is 2.33. The number of pyridine rings is 1. The molecule has 0 saturated carbocycles. The van der Waals surface area contributed by atoms with E-state index < -0.39 is 10.0 Å². The van der Waals surface area contributed by atoms with E-state index in [1.54, 1.807) is 0 Å². The maximum absolute atomic E-state index is 12.5. The summed E-state index contributed by atoms with van der Waals surface area (Å²) in [4.78, 5) is 3.88. The van der Waals surface area contributed by atoms with Gasteiger partial charge >= 0.3 is 0 Å². The van der Waals surface area contributed by atoms with E-state index in [4.69, 9.17) is 11.0 Å². The molecule has 0 radical (unpaired) electrons. The lowest BCUT2D eigenvalue weighted by Gasteiger charge is -2.33. The van der Waals surface area contributed by atoms with Crippen molar-refractivity contribution in [2.45, 2.75) is 30.3 Å². The average Bonchev–Trinajstić information content (AvgIpc) is 2.47. The topological polar surface area (TPSA) is 100 Å². The van der Waals surface area contributed by atoms with Crippen molar-refractivity contribution in [2.24, 2.45) is 5.73 Å². The van der Waals surface area contributed by atoms with Crippen molar-refractivity contribution in [1.29, 1.82) is 5.26 Å². The Morgan fingerprint density at radius 1 is 1.53 bits per heavy atom. The highest BCUT2D eigenvalue weighted by atomic mass is 32.2. The van der Waals surface area contributed by atoms with E-state index in [1.165, 1.54) is 22.6 Å². The first-order valence-electron chi connectivity index (χ1n) is 6.17. The van der Waals surface area contributed by atoms with Gasteiger partial charge < -0.3 is 5.73 Å². The van der Waals surface area contributed by atoms with Gasteiger partial charge in [0.2, 0.25) is 0 Å². The summed E-state index contributed by atoms with van der Waals surface area (Å²) in [6.45, 7) is 0.764. The molecule has 0 amide bonds. The molecule has 7 heteroatoms. The summed E-state index contributed by atoms with van der Waals surface area (Å²) in [5.41, 5.74) is 5.93. The summed E-state index contributed by atoms with van der Waals surface area (Å²) in [7, 11) is -3.66. The molecule has 1 aliphatic heterocycles. The highest BCUT2D eigenvalue weighted by molar-refractivity contribution is 7.89. The van der Waals surface area contributed by atoms with Crippen LogP contribution in [0.15, 0.2) is 23.4 Å². The zero-order chi connectivity index (χ0) is 13.9. The molecule has 19 heavy (non-hydrogen) atoms. The largest absolute Gasteiger partial charge is 0.329 e. The number of hydrogen-bond donors (Lipinski definition) is 1. The van der Waals surface area contributed by atoms with Gasteiger partial charge in [-0.05, 0) is 25.0 Å². The van der Waals surface area contributed by atoms with Gasteiger partial charge in [0.25, 0.3) is 10.0 Å². The van der Waals surface area contributed by atoms with Crippen molar-refractivity contribution in [1.82, 2.24) is 9.29 Å². The quantitative estimate of drug-likeness (QED) is 0.866. The van der Waals surface area contributed by atoms with Crippen LogP contribution in [0.2, 0.25) is 0 Å². The Kier molecular flexibility index (Phi) is 4.14. The molecule has 1 fully saturated rings. The van der Waals surface area contributed by atoms with Crippen LogP contribution in [-0.4, -0.2) is 36.8 Å². The van der Waals surface area contributed by atoms with E-state index in [2.05, 4.69) is 4.98 Å². The molecule has 0 aromatic carbocycles. The third kappa shape index (κ3) is 2.76. The fourth-order valence-electron chi connectivity index (χ4n) is 2.27. The predicted molar refractivity (Wildman–Crippen MR) is 69.5 cm³/mol. The Bertz CT molecular complexity index is 594. The Morgan fingerprint density at radius 2 is 2.32 bits per heavy atom. The number of piperidine rings is 1. The monoisotopic (exact) mass is 280 g/mol. The van der Waals surface area contributed by atoms with Crippen LogP contribution in [0.25, 0.3) is 0 Å². The Labute approximate surface area is 112 Å². The maximum Gasteiger partial charge on any atom is 0.260 e. The maximum atomic E-state index is 12.5. The lowest BCUT2D eigenvalue weighted by Crippen LogP contribution is -2.47. The predicted octanol–water partition coefficient (Wildman–Crippen LogP) is 0.455. The summed E-state index contributed by atoms with van der Waals surface area (Å²) in [6.07, 6.45) is 3.92. The van der Waals surface area contributed by atoms with Crippen LogP contribution in [0.3, 0.4) is 0 Å². The molecule has 1 saturated heterocycles. The Balaban J connectivity index is 2.38. The fraction of sp³-hybridized carbons (Fsp3) is 0.500. The second kappa shape index (κ2) is 5.65. The molecule has 1 aromatic rings. The van der Waals surface area contributed by atoms with Crippen LogP contribution in [0.4, 0.5) is 0 Å². The number of aromatic nitrogens is 1. The van der Waals surface area contributed by atoms with Gasteiger partial charge in [-0.25, -0.2) is 13.4 Å². The Morgan fingerprint density at radius 3 is 3.00 bits per heavy atom. The second-order valence-corrected chi connectivity index (χ2v) is 6.33. The number of sulfonamides is 1. The van der Waals surface area contributed by atoms with E-state index in [1.807, 2.05) is 6.07 Å². The molecule has 6 nitrogen and oxygen atoms in total. The molecule has 1 aromatic heterocycles. The minimum atomic E-state index is -3.66. The van der Waals surface area contributed by atoms with Gasteiger partial charge in [0.15, 0.2) is 5.03 Å². The third-order valence-corrected chi connectivity index (χ3v) is 5.13. The summed E-state index contributed by atoms with van der Waals surface area (Å²) in [6, 6.07) is 4.53. The summed E-state index contributed by atoms with van der Waals surface area (Å²) >= 11 is 0. The fourth-order valence-corrected chi connectivity index (χ4v) is 3.93. The number of nitriles is 1. The van der Waals surface area contributed by atoms with Crippen LogP contribution < -0.4 is 5.73 Å². The van der Waals surface area contributed by atoms with E-state index >= 15 is 0 Å². The van der Waals surface area contributed by atoms with Crippen LogP contribution >= 0.6 is 0 Å². The van der Waals surface area contributed by atoms with Crippen LogP contribution in [0, 0.1) is 11.3 Å². The number of rotatable bonds is 3. The zero-order valence-corrected chi connectivity index (χ0v) is 11.3. The lowest BCUT2D eigenvalue weighted by atomic mass is 10.1. The average molecular weight is 280 g/mol. The molecule has 2 N–H and O–H groups in total. The number of nitrogens with two attached hydrogens (primary N) is 1. The van der Waals surface area contributed by atoms with E-state index in [9.17, 15) is 8.42 Å². The molecular weight excluding hydrogens is 264 g/mol. The van der Waals surface area contributed by atoms with Gasteiger partial charge in [-0.3, -0.25) is 0 Å². The summed E-state index contributed by atoms with van der Waals surface area (Å²) < 4.78 is 26.5. The highest BCUT2D eigenvalue weighted by Crippen LogP contribution is 2.24. The molecule has 0 aliphatic carbocycles. The van der Waals surface area contributed by atoms with E-state index in [0.29, 0.717) is 13.1 Å². The van der Waals surface area contributed by atoms with Gasteiger partial charge in [0.05, 0.1) is 11.6 Å². The minimum absolute atomic E-state index is 0.0769. The number of nitrogens with zero attached hydrogens (tertiary/aromatic N) is 3. The van der Waals surface area contributed by atoms with Crippen molar-refractivity contribution in [2.75, 3.05) is 13.1 Å². The molecule has 1 atom stereocenters. The smallest absolute Gasteiger partial charge is 0.260 e. The van der Waals surface area contributed by atoms with Crippen molar-refractivity contribution < 1.29 is 8.42 Å². The van der Waals surface area contributed by atoms with E-state index in [0.717, 1.165) is 19.3 Å². The summed E-state index contributed by atoms with van der Waals surface area (Å²) in [5.74, 6) is 0. The van der Waals surface area contributed by atoms with Gasteiger partial charge in [-0.1, -0.05) is 6.42 Å². The lowest BCUT2D eigenvalue weighted by molar-refractivity contribution is 0.257. The molecule has 0 unspecified atom stereocenters. The van der Waals surface area contributed by atoms with Crippen LogP contribution in [0.1, 0.15) is 24.8 Å². The van der Waals surface area contributed by atoms with Gasteiger partial charge in [0, 0.05) is 25.3 Å². The molecule has 0 spiro atoms. The molecular formula is C12H16N4O2S. The van der Waals surface area contributed by atoms with Crippen molar-refractivity contribution in [3.8, 4) is 6.07 Å². The second-order valence-electron chi connectivity index (χ2n) is 4.50. The minimum Gasteiger partial charge on any atom is -0.329 e. The molecule has 2 rings (SSSR count). The van der Waals surface area contributed by atoms with Gasteiger partial charge in [-0.2, -0.15) is 9.57 Å². The van der Waals surface area contributed by atoms with Crippen LogP contribution in [-0.2, 0) is 10.0 Å². The van der Waals surface area contributed by atoms with E-state index in [-0.39, 0.29) is 16.6 Å². The molecule has 2 heterocycles. The van der Waals surface area contributed by atoms with Crippen LogP contribution in [0.5, 0.6) is 0 Å². The van der Waals surface area contributed by atoms with Gasteiger partial charge in [-0.15, -0.1) is 0 Å². The normalized spacial score (nSPS) is 20.9. The van der Waals surface area contributed by atoms with Gasteiger partial charge in [0.1, 0.15) is 0 Å². The first-order valence-corrected chi connectivity index (χ1v) is 7.61. The van der Waals surface area contributed by atoms with Crippen molar-refractivity contribution in [3.63, 3.8) is 0 Å². The standard InChI is InChI=1S/C12H16N4O2S/c13-8-10-4-5-15-12(7-10)19(17,18)16-6-2-1-3-11(16)9-14/h4-5,7,11H,1-3,6,9,14H2/t11-/m1/s1. The Hall–Kier alpha value is -1.49.